The zero-order valence-electron chi connectivity index (χ0n) is 11.0. The van der Waals surface area contributed by atoms with Gasteiger partial charge in [0.05, 0.1) is 6.54 Å². The molecule has 1 aromatic rings. The van der Waals surface area contributed by atoms with Crippen molar-refractivity contribution in [2.45, 2.75) is 46.7 Å². The zero-order valence-corrected chi connectivity index (χ0v) is 11.9. The van der Waals surface area contributed by atoms with Crippen molar-refractivity contribution in [2.75, 3.05) is 0 Å². The van der Waals surface area contributed by atoms with E-state index in [0.29, 0.717) is 18.9 Å². The first-order chi connectivity index (χ1) is 7.90. The number of carbonyl (C=O) groups excluding carboxylic acids is 1. The molecule has 0 radical (unpaired) electrons. The molecule has 0 aliphatic heterocycles. The Balaban J connectivity index is 2.38. The first kappa shape index (κ1) is 14.2. The number of hydrogen-bond donors (Lipinski definition) is 2. The summed E-state index contributed by atoms with van der Waals surface area (Å²) in [5.74, 6) is 0.377. The van der Waals surface area contributed by atoms with Crippen LogP contribution in [0.5, 0.6) is 0 Å². The molecule has 17 heavy (non-hydrogen) atoms. The molecule has 96 valence electrons. The summed E-state index contributed by atoms with van der Waals surface area (Å²) < 4.78 is 0. The van der Waals surface area contributed by atoms with Crippen LogP contribution in [0, 0.1) is 19.8 Å². The molecule has 1 rings (SSSR count). The summed E-state index contributed by atoms with van der Waals surface area (Å²) in [5.41, 5.74) is 7.15. The van der Waals surface area contributed by atoms with Gasteiger partial charge in [0.25, 0.3) is 0 Å². The first-order valence-electron chi connectivity index (χ1n) is 5.98. The molecule has 1 heterocycles. The van der Waals surface area contributed by atoms with Crippen molar-refractivity contribution in [1.29, 1.82) is 0 Å². The number of nitrogens with one attached hydrogen (secondary N) is 1. The first-order valence-corrected chi connectivity index (χ1v) is 6.80. The Morgan fingerprint density at radius 3 is 2.59 bits per heavy atom. The smallest absolute Gasteiger partial charge is 0.221 e. The average molecular weight is 254 g/mol. The second-order valence-electron chi connectivity index (χ2n) is 4.84. The Morgan fingerprint density at radius 2 is 2.12 bits per heavy atom. The molecular formula is C13H22N2OS. The summed E-state index contributed by atoms with van der Waals surface area (Å²) >= 11 is 1.74. The average Bonchev–Trinajstić information content (AvgIpc) is 2.55. The van der Waals surface area contributed by atoms with Crippen LogP contribution in [-0.2, 0) is 11.3 Å². The van der Waals surface area contributed by atoms with E-state index in [-0.39, 0.29) is 11.9 Å². The largest absolute Gasteiger partial charge is 0.351 e. The molecule has 0 spiro atoms. The van der Waals surface area contributed by atoms with Crippen LogP contribution < -0.4 is 11.1 Å². The van der Waals surface area contributed by atoms with E-state index in [1.54, 1.807) is 11.3 Å². The van der Waals surface area contributed by atoms with Gasteiger partial charge in [-0.05, 0) is 31.4 Å². The zero-order chi connectivity index (χ0) is 13.0. The molecule has 1 atom stereocenters. The molecule has 1 aromatic heterocycles. The molecule has 0 aliphatic rings. The molecule has 0 saturated carbocycles. The van der Waals surface area contributed by atoms with Crippen LogP contribution in [0.2, 0.25) is 0 Å². The van der Waals surface area contributed by atoms with E-state index in [9.17, 15) is 4.79 Å². The number of aryl methyl sites for hydroxylation is 2. The maximum atomic E-state index is 11.6. The number of carbonyl (C=O) groups is 1. The molecule has 3 nitrogen and oxygen atoms in total. The highest BCUT2D eigenvalue weighted by Crippen LogP contribution is 2.20. The molecule has 0 saturated heterocycles. The number of rotatable bonds is 5. The van der Waals surface area contributed by atoms with E-state index < -0.39 is 0 Å². The lowest BCUT2D eigenvalue weighted by Crippen LogP contribution is -2.34. The van der Waals surface area contributed by atoms with Crippen LogP contribution in [0.4, 0.5) is 0 Å². The van der Waals surface area contributed by atoms with Crippen molar-refractivity contribution in [1.82, 2.24) is 5.32 Å². The van der Waals surface area contributed by atoms with E-state index in [4.69, 9.17) is 5.73 Å². The quantitative estimate of drug-likeness (QED) is 0.847. The van der Waals surface area contributed by atoms with Crippen molar-refractivity contribution in [3.63, 3.8) is 0 Å². The van der Waals surface area contributed by atoms with Gasteiger partial charge in [-0.15, -0.1) is 11.3 Å². The summed E-state index contributed by atoms with van der Waals surface area (Å²) in [6.07, 6.45) is 0.404. The highest BCUT2D eigenvalue weighted by Gasteiger charge is 2.12. The minimum absolute atomic E-state index is 0.0370. The van der Waals surface area contributed by atoms with E-state index in [1.807, 2.05) is 13.8 Å². The highest BCUT2D eigenvalue weighted by atomic mass is 32.1. The van der Waals surface area contributed by atoms with Crippen LogP contribution >= 0.6 is 11.3 Å². The van der Waals surface area contributed by atoms with E-state index in [1.165, 1.54) is 15.3 Å². The molecule has 1 amide bonds. The van der Waals surface area contributed by atoms with E-state index in [0.717, 1.165) is 0 Å². The van der Waals surface area contributed by atoms with Gasteiger partial charge in [0, 0.05) is 22.2 Å². The molecule has 3 N–H and O–H groups in total. The van der Waals surface area contributed by atoms with Crippen LogP contribution in [0.25, 0.3) is 0 Å². The Morgan fingerprint density at radius 1 is 1.47 bits per heavy atom. The second-order valence-corrected chi connectivity index (χ2v) is 6.18. The van der Waals surface area contributed by atoms with Crippen molar-refractivity contribution in [2.24, 2.45) is 11.7 Å². The second kappa shape index (κ2) is 6.17. The fourth-order valence-electron chi connectivity index (χ4n) is 1.44. The third kappa shape index (κ3) is 4.48. The molecule has 4 heteroatoms. The number of hydrogen-bond acceptors (Lipinski definition) is 3. The van der Waals surface area contributed by atoms with Crippen LogP contribution in [0.15, 0.2) is 6.07 Å². The Kier molecular flexibility index (Phi) is 5.15. The fraction of sp³-hybridized carbons (Fsp3) is 0.615. The van der Waals surface area contributed by atoms with Crippen molar-refractivity contribution in [3.05, 3.63) is 21.4 Å². The number of amides is 1. The molecule has 1 unspecified atom stereocenters. The minimum atomic E-state index is -0.0539. The molecule has 0 aromatic carbocycles. The van der Waals surface area contributed by atoms with Crippen LogP contribution in [0.3, 0.4) is 0 Å². The van der Waals surface area contributed by atoms with Gasteiger partial charge in [0.1, 0.15) is 0 Å². The van der Waals surface area contributed by atoms with Gasteiger partial charge in [-0.2, -0.15) is 0 Å². The summed E-state index contributed by atoms with van der Waals surface area (Å²) in [5, 5.41) is 2.92. The lowest BCUT2D eigenvalue weighted by molar-refractivity contribution is -0.121. The lowest BCUT2D eigenvalue weighted by atomic mass is 10.0. The third-order valence-electron chi connectivity index (χ3n) is 2.95. The summed E-state index contributed by atoms with van der Waals surface area (Å²) in [4.78, 5) is 14.2. The van der Waals surface area contributed by atoms with Crippen molar-refractivity contribution >= 4 is 17.2 Å². The Bertz CT molecular complexity index is 365. The summed E-state index contributed by atoms with van der Waals surface area (Å²) in [6.45, 7) is 8.86. The molecule has 0 aliphatic carbocycles. The number of thiophene rings is 1. The number of nitrogens with two attached hydrogens (primary N) is 1. The molecular weight excluding hydrogens is 232 g/mol. The topological polar surface area (TPSA) is 55.1 Å². The normalized spacial score (nSPS) is 12.8. The monoisotopic (exact) mass is 254 g/mol. The van der Waals surface area contributed by atoms with Crippen molar-refractivity contribution < 1.29 is 4.79 Å². The van der Waals surface area contributed by atoms with Gasteiger partial charge < -0.3 is 11.1 Å². The van der Waals surface area contributed by atoms with Gasteiger partial charge in [0.15, 0.2) is 0 Å². The van der Waals surface area contributed by atoms with E-state index >= 15 is 0 Å². The van der Waals surface area contributed by atoms with Crippen LogP contribution in [-0.4, -0.2) is 11.9 Å². The van der Waals surface area contributed by atoms with Gasteiger partial charge in [-0.25, -0.2) is 0 Å². The third-order valence-corrected chi connectivity index (χ3v) is 4.11. The standard InChI is InChI=1S/C13H22N2OS/c1-8(2)12(14)6-13(16)15-7-11-5-9(3)10(4)17-11/h5,8,12H,6-7,14H2,1-4H3,(H,15,16). The maximum Gasteiger partial charge on any atom is 0.221 e. The molecule has 0 fully saturated rings. The SMILES string of the molecule is Cc1cc(CNC(=O)CC(N)C(C)C)sc1C. The van der Waals surface area contributed by atoms with Gasteiger partial charge >= 0.3 is 0 Å². The van der Waals surface area contributed by atoms with Gasteiger partial charge in [-0.3, -0.25) is 4.79 Å². The maximum absolute atomic E-state index is 11.6. The predicted molar refractivity (Wildman–Crippen MR) is 73.1 cm³/mol. The molecule has 0 bridgehead atoms. The predicted octanol–water partition coefficient (Wildman–Crippen LogP) is 2.35. The van der Waals surface area contributed by atoms with E-state index in [2.05, 4.69) is 25.2 Å². The van der Waals surface area contributed by atoms with Crippen molar-refractivity contribution in [3.8, 4) is 0 Å². The summed E-state index contributed by atoms with van der Waals surface area (Å²) in [7, 11) is 0. The minimum Gasteiger partial charge on any atom is -0.351 e. The fourth-order valence-corrected chi connectivity index (χ4v) is 2.44. The Labute approximate surface area is 107 Å². The van der Waals surface area contributed by atoms with Crippen LogP contribution in [0.1, 0.15) is 35.6 Å². The highest BCUT2D eigenvalue weighted by molar-refractivity contribution is 7.12. The van der Waals surface area contributed by atoms with Gasteiger partial charge in [-0.1, -0.05) is 13.8 Å². The summed E-state index contributed by atoms with van der Waals surface area (Å²) in [6, 6.07) is 2.07. The lowest BCUT2D eigenvalue weighted by Gasteiger charge is -2.14. The van der Waals surface area contributed by atoms with Gasteiger partial charge in [0.2, 0.25) is 5.91 Å². The Hall–Kier alpha value is -0.870.